The number of amides is 1. The Morgan fingerprint density at radius 3 is 2.30 bits per heavy atom. The van der Waals surface area contributed by atoms with Crippen molar-refractivity contribution < 1.29 is 47.1 Å². The summed E-state index contributed by atoms with van der Waals surface area (Å²) >= 11 is 0. The Bertz CT molecular complexity index is 1740. The summed E-state index contributed by atoms with van der Waals surface area (Å²) in [5, 5.41) is 31.1. The third-order valence-corrected chi connectivity index (χ3v) is 13.0. The van der Waals surface area contributed by atoms with Crippen LogP contribution in [0.3, 0.4) is 0 Å². The van der Waals surface area contributed by atoms with Crippen LogP contribution in [0.1, 0.15) is 19.4 Å². The van der Waals surface area contributed by atoms with E-state index in [9.17, 15) is 38.1 Å². The molecule has 8 rings (SSSR count). The van der Waals surface area contributed by atoms with Gasteiger partial charge in [-0.05, 0) is 35.6 Å². The smallest absolute Gasteiger partial charge is 0.359 e. The molecule has 4 fully saturated rings. The second-order valence-corrected chi connectivity index (χ2v) is 15.2. The molecule has 2 aromatic rings. The standard InChI is InChI=1S/C31H36N4O8S/c1-18-22(29(31(40)41)33-28(18)26(19(2)36)30(33)39)16-32-23-5-3-4-21-20(6-7-24(27(21)23)44(32,42)43)8-9-34-10-13-35(14-11-34,15-12-34)17-25(37)38/h3-7,18-19,26,28,36H,8-17H2,1-2H3/p+2/t18-,19+,26?,28?,34?,35?/m0/s1. The Morgan fingerprint density at radius 1 is 1.02 bits per heavy atom. The molecule has 6 heterocycles. The molecule has 12 nitrogen and oxygen atoms in total. The number of rotatable bonds is 9. The average molecular weight is 627 g/mol. The van der Waals surface area contributed by atoms with E-state index in [4.69, 9.17) is 0 Å². The first kappa shape index (κ1) is 29.2. The number of benzene rings is 2. The number of hydrogen-bond donors (Lipinski definition) is 3. The summed E-state index contributed by atoms with van der Waals surface area (Å²) in [6.45, 7) is 9.57. The topological polar surface area (TPSA) is 153 Å². The summed E-state index contributed by atoms with van der Waals surface area (Å²) in [5.41, 5.74) is 1.71. The molecule has 13 heteroatoms. The lowest BCUT2D eigenvalue weighted by atomic mass is 9.78. The first-order valence-corrected chi connectivity index (χ1v) is 16.7. The third-order valence-electron chi connectivity index (χ3n) is 11.2. The van der Waals surface area contributed by atoms with Crippen LogP contribution in [0.2, 0.25) is 0 Å². The van der Waals surface area contributed by atoms with Crippen molar-refractivity contribution in [1.29, 1.82) is 0 Å². The van der Waals surface area contributed by atoms with Gasteiger partial charge in [-0.15, -0.1) is 0 Å². The van der Waals surface area contributed by atoms with E-state index in [-0.39, 0.29) is 23.7 Å². The quantitative estimate of drug-likeness (QED) is 0.274. The number of piperazine rings is 3. The Morgan fingerprint density at radius 2 is 1.68 bits per heavy atom. The molecule has 2 bridgehead atoms. The maximum Gasteiger partial charge on any atom is 0.359 e. The highest BCUT2D eigenvalue weighted by molar-refractivity contribution is 7.93. The number of anilines is 1. The first-order chi connectivity index (χ1) is 20.8. The molecule has 0 spiro atoms. The van der Waals surface area contributed by atoms with Crippen molar-refractivity contribution in [3.8, 4) is 0 Å². The molecule has 6 aliphatic rings. The summed E-state index contributed by atoms with van der Waals surface area (Å²) < 4.78 is 30.8. The van der Waals surface area contributed by atoms with Crippen molar-refractivity contribution in [3.63, 3.8) is 0 Å². The number of sulfonamides is 1. The van der Waals surface area contributed by atoms with Gasteiger partial charge in [-0.25, -0.2) is 18.0 Å². The molecule has 4 atom stereocenters. The number of carboxylic acid groups (broad SMARTS) is 2. The number of carbonyl (C=O) groups is 3. The van der Waals surface area contributed by atoms with E-state index in [0.29, 0.717) is 21.1 Å². The fourth-order valence-corrected chi connectivity index (χ4v) is 10.3. The number of nitrogens with zero attached hydrogens (tertiary/aromatic N) is 4. The number of hydrogen-bond acceptors (Lipinski definition) is 6. The Labute approximate surface area is 255 Å². The van der Waals surface area contributed by atoms with Crippen LogP contribution in [-0.4, -0.2) is 126 Å². The van der Waals surface area contributed by atoms with Crippen molar-refractivity contribution in [2.24, 2.45) is 11.8 Å². The molecule has 0 saturated carbocycles. The highest BCUT2D eigenvalue weighted by Gasteiger charge is 2.60. The molecular weight excluding hydrogens is 588 g/mol. The van der Waals surface area contributed by atoms with E-state index in [1.807, 2.05) is 18.2 Å². The zero-order chi connectivity index (χ0) is 31.3. The molecule has 2 aromatic carbocycles. The van der Waals surface area contributed by atoms with Gasteiger partial charge in [0.1, 0.15) is 45.0 Å². The maximum absolute atomic E-state index is 14.0. The van der Waals surface area contributed by atoms with Gasteiger partial charge in [0.15, 0.2) is 6.54 Å². The molecule has 44 heavy (non-hydrogen) atoms. The van der Waals surface area contributed by atoms with Crippen molar-refractivity contribution in [3.05, 3.63) is 47.2 Å². The molecule has 0 aromatic heterocycles. The van der Waals surface area contributed by atoms with Crippen molar-refractivity contribution in [1.82, 2.24) is 4.90 Å². The molecule has 6 aliphatic heterocycles. The van der Waals surface area contributed by atoms with E-state index in [2.05, 4.69) is 0 Å². The average Bonchev–Trinajstić information content (AvgIpc) is 3.34. The Hall–Kier alpha value is -3.52. The first-order valence-electron chi connectivity index (χ1n) is 15.3. The zero-order valence-electron chi connectivity index (χ0n) is 24.8. The van der Waals surface area contributed by atoms with Crippen LogP contribution in [0.25, 0.3) is 10.8 Å². The van der Waals surface area contributed by atoms with Crippen molar-refractivity contribution >= 4 is 44.3 Å². The van der Waals surface area contributed by atoms with Crippen molar-refractivity contribution in [2.75, 3.05) is 63.2 Å². The molecule has 234 valence electrons. The number of carbonyl (C=O) groups excluding carboxylic acids is 1. The fourth-order valence-electron chi connectivity index (χ4n) is 8.64. The van der Waals surface area contributed by atoms with Crippen LogP contribution < -0.4 is 4.31 Å². The SMILES string of the molecule is C[C@@H](O)C1C(=O)N2C(C(=O)O)=C(CN3c4cccc5c(CC[N+]67CC[N+](CC(=O)O)(CC6)CC7)ccc(c45)S3(=O)=O)[C@H](C)C12. The second-order valence-electron chi connectivity index (χ2n) is 13.4. The summed E-state index contributed by atoms with van der Waals surface area (Å²) in [6.07, 6.45) is -0.191. The number of aliphatic carboxylic acids is 2. The lowest BCUT2D eigenvalue weighted by Crippen LogP contribution is -2.75. The summed E-state index contributed by atoms with van der Waals surface area (Å²) in [5.74, 6) is -3.66. The van der Waals surface area contributed by atoms with Gasteiger partial charge in [-0.2, -0.15) is 0 Å². The lowest BCUT2D eigenvalue weighted by Gasteiger charge is -2.55. The molecule has 2 unspecified atom stereocenters. The number of aliphatic hydroxyl groups excluding tert-OH is 1. The van der Waals surface area contributed by atoms with Crippen LogP contribution >= 0.6 is 0 Å². The van der Waals surface area contributed by atoms with E-state index >= 15 is 0 Å². The number of aliphatic hydroxyl groups is 1. The van der Waals surface area contributed by atoms with E-state index in [1.165, 1.54) is 16.1 Å². The van der Waals surface area contributed by atoms with Crippen LogP contribution in [0.5, 0.6) is 0 Å². The zero-order valence-corrected chi connectivity index (χ0v) is 25.7. The minimum atomic E-state index is -4.00. The number of fused-ring (bicyclic) bond motifs is 4. The van der Waals surface area contributed by atoms with Crippen LogP contribution in [0.4, 0.5) is 5.69 Å². The monoisotopic (exact) mass is 626 g/mol. The van der Waals surface area contributed by atoms with Gasteiger partial charge in [0.25, 0.3) is 10.0 Å². The Balaban J connectivity index is 1.18. The van der Waals surface area contributed by atoms with Crippen molar-refractivity contribution in [2.45, 2.75) is 37.3 Å². The molecule has 4 saturated heterocycles. The Kier molecular flexibility index (Phi) is 6.46. The predicted molar refractivity (Wildman–Crippen MR) is 159 cm³/mol. The highest BCUT2D eigenvalue weighted by atomic mass is 32.2. The van der Waals surface area contributed by atoms with Gasteiger partial charge in [0.05, 0.1) is 41.7 Å². The molecular formula is C31H38N4O8S+2. The number of quaternary nitrogens is 2. The van der Waals surface area contributed by atoms with Gasteiger partial charge >= 0.3 is 11.9 Å². The number of β-lactam (4-membered cyclic amide) rings is 1. The second kappa shape index (κ2) is 9.74. The van der Waals surface area contributed by atoms with Crippen LogP contribution in [0, 0.1) is 11.8 Å². The summed E-state index contributed by atoms with van der Waals surface area (Å²) in [7, 11) is -4.00. The van der Waals surface area contributed by atoms with E-state index < -0.39 is 51.9 Å². The molecule has 0 aliphatic carbocycles. The summed E-state index contributed by atoms with van der Waals surface area (Å²) in [6, 6.07) is 8.53. The van der Waals surface area contributed by atoms with E-state index in [0.717, 1.165) is 67.7 Å². The number of carboxylic acids is 2. The molecule has 3 N–H and O–H groups in total. The maximum atomic E-state index is 14.0. The normalized spacial score (nSPS) is 32.2. The van der Waals surface area contributed by atoms with Crippen LogP contribution in [-0.2, 0) is 30.8 Å². The molecule has 1 amide bonds. The van der Waals surface area contributed by atoms with Gasteiger partial charge in [0.2, 0.25) is 5.91 Å². The minimum Gasteiger partial charge on any atom is -0.477 e. The van der Waals surface area contributed by atoms with Crippen LogP contribution in [0.15, 0.2) is 46.5 Å². The lowest BCUT2D eigenvalue weighted by molar-refractivity contribution is -1.08. The van der Waals surface area contributed by atoms with Gasteiger partial charge < -0.3 is 29.2 Å². The predicted octanol–water partition coefficient (Wildman–Crippen LogP) is 0.833. The largest absolute Gasteiger partial charge is 0.477 e. The van der Waals surface area contributed by atoms with Gasteiger partial charge in [-0.1, -0.05) is 25.1 Å². The highest BCUT2D eigenvalue weighted by Crippen LogP contribution is 2.50. The fraction of sp³-hybridized carbons (Fsp3) is 0.516. The third kappa shape index (κ3) is 4.05. The molecule has 0 radical (unpaired) electrons. The van der Waals surface area contributed by atoms with Gasteiger partial charge in [-0.3, -0.25) is 9.10 Å². The summed E-state index contributed by atoms with van der Waals surface area (Å²) in [4.78, 5) is 38.0. The van der Waals surface area contributed by atoms with E-state index in [1.54, 1.807) is 19.1 Å². The minimum absolute atomic E-state index is 0.180. The van der Waals surface area contributed by atoms with Gasteiger partial charge in [0, 0.05) is 17.7 Å².